The van der Waals surface area contributed by atoms with Crippen molar-refractivity contribution in [2.45, 2.75) is 6.92 Å². The predicted octanol–water partition coefficient (Wildman–Crippen LogP) is 5.23. The SMILES string of the molecule is Cc1ccc(NC(=O)COc2ccc(/C=C(\C#N)C(=O)Nc3cccc([N+](=O)[O-])c3)cc2Br)cc1. The van der Waals surface area contributed by atoms with Gasteiger partial charge in [-0.2, -0.15) is 5.26 Å². The van der Waals surface area contributed by atoms with Crippen LogP contribution >= 0.6 is 15.9 Å². The van der Waals surface area contributed by atoms with E-state index in [1.54, 1.807) is 30.3 Å². The average Bonchev–Trinajstić information content (AvgIpc) is 2.83. The molecule has 0 saturated heterocycles. The van der Waals surface area contributed by atoms with Crippen molar-refractivity contribution < 1.29 is 19.2 Å². The Balaban J connectivity index is 1.64. The van der Waals surface area contributed by atoms with Gasteiger partial charge in [-0.25, -0.2) is 0 Å². The van der Waals surface area contributed by atoms with Gasteiger partial charge in [0.05, 0.1) is 9.40 Å². The molecule has 0 saturated carbocycles. The minimum absolute atomic E-state index is 0.183. The van der Waals surface area contributed by atoms with Gasteiger partial charge in [0.2, 0.25) is 0 Å². The van der Waals surface area contributed by atoms with Crippen LogP contribution in [0, 0.1) is 28.4 Å². The number of rotatable bonds is 8. The smallest absolute Gasteiger partial charge is 0.271 e. The number of nitriles is 1. The van der Waals surface area contributed by atoms with Crippen LogP contribution in [0.25, 0.3) is 6.08 Å². The average molecular weight is 535 g/mol. The molecule has 3 rings (SSSR count). The first-order valence-electron chi connectivity index (χ1n) is 10.2. The number of carbonyl (C=O) groups excluding carboxylic acids is 2. The molecule has 0 unspecified atom stereocenters. The van der Waals surface area contributed by atoms with Crippen molar-refractivity contribution in [2.75, 3.05) is 17.2 Å². The first kappa shape index (κ1) is 25.1. The molecule has 0 radical (unpaired) electrons. The zero-order valence-electron chi connectivity index (χ0n) is 18.4. The maximum Gasteiger partial charge on any atom is 0.271 e. The number of benzene rings is 3. The highest BCUT2D eigenvalue weighted by atomic mass is 79.9. The molecule has 10 heteroatoms. The lowest BCUT2D eigenvalue weighted by atomic mass is 10.1. The van der Waals surface area contributed by atoms with Crippen LogP contribution in [0.2, 0.25) is 0 Å². The highest BCUT2D eigenvalue weighted by molar-refractivity contribution is 9.10. The lowest BCUT2D eigenvalue weighted by molar-refractivity contribution is -0.384. The molecule has 0 fully saturated rings. The lowest BCUT2D eigenvalue weighted by Crippen LogP contribution is -2.20. The molecule has 0 bridgehead atoms. The number of carbonyl (C=O) groups is 2. The number of non-ortho nitro benzene ring substituents is 1. The van der Waals surface area contributed by atoms with E-state index in [9.17, 15) is 25.0 Å². The molecule has 0 atom stereocenters. The van der Waals surface area contributed by atoms with Gasteiger partial charge in [-0.05, 0) is 64.8 Å². The van der Waals surface area contributed by atoms with Gasteiger partial charge < -0.3 is 15.4 Å². The first-order valence-corrected chi connectivity index (χ1v) is 11.0. The largest absolute Gasteiger partial charge is 0.483 e. The van der Waals surface area contributed by atoms with Crippen LogP contribution in [0.1, 0.15) is 11.1 Å². The minimum Gasteiger partial charge on any atom is -0.483 e. The highest BCUT2D eigenvalue weighted by Crippen LogP contribution is 2.27. The Morgan fingerprint density at radius 1 is 1.09 bits per heavy atom. The summed E-state index contributed by atoms with van der Waals surface area (Å²) in [6, 6.07) is 19.5. The van der Waals surface area contributed by atoms with Gasteiger partial charge in [0.25, 0.3) is 17.5 Å². The Labute approximate surface area is 209 Å². The van der Waals surface area contributed by atoms with E-state index in [0.717, 1.165) is 5.56 Å². The summed E-state index contributed by atoms with van der Waals surface area (Å²) < 4.78 is 6.08. The lowest BCUT2D eigenvalue weighted by Gasteiger charge is -2.10. The molecule has 0 heterocycles. The van der Waals surface area contributed by atoms with E-state index in [0.29, 0.717) is 21.5 Å². The summed E-state index contributed by atoms with van der Waals surface area (Å²) in [4.78, 5) is 34.9. The number of ether oxygens (including phenoxy) is 1. The van der Waals surface area contributed by atoms with Gasteiger partial charge in [-0.1, -0.05) is 29.8 Å². The van der Waals surface area contributed by atoms with Crippen LogP contribution in [0.5, 0.6) is 5.75 Å². The van der Waals surface area contributed by atoms with Gasteiger partial charge in [-0.3, -0.25) is 19.7 Å². The Morgan fingerprint density at radius 2 is 1.83 bits per heavy atom. The summed E-state index contributed by atoms with van der Waals surface area (Å²) in [5.41, 5.74) is 2.08. The van der Waals surface area contributed by atoms with Crippen molar-refractivity contribution in [3.05, 3.63) is 98.0 Å². The summed E-state index contributed by atoms with van der Waals surface area (Å²) in [7, 11) is 0. The fraction of sp³-hybridized carbons (Fsp3) is 0.0800. The zero-order valence-corrected chi connectivity index (χ0v) is 20.0. The third kappa shape index (κ3) is 7.25. The molecule has 9 nitrogen and oxygen atoms in total. The number of nitrogens with zero attached hydrogens (tertiary/aromatic N) is 2. The fourth-order valence-electron chi connectivity index (χ4n) is 2.91. The van der Waals surface area contributed by atoms with Crippen LogP contribution in [-0.2, 0) is 9.59 Å². The van der Waals surface area contributed by atoms with Crippen molar-refractivity contribution in [1.82, 2.24) is 0 Å². The van der Waals surface area contributed by atoms with Gasteiger partial charge in [0.15, 0.2) is 6.61 Å². The molecule has 3 aromatic carbocycles. The second kappa shape index (κ2) is 11.6. The number of amides is 2. The van der Waals surface area contributed by atoms with E-state index < -0.39 is 10.8 Å². The molecule has 35 heavy (non-hydrogen) atoms. The molecule has 2 N–H and O–H groups in total. The highest BCUT2D eigenvalue weighted by Gasteiger charge is 2.13. The third-order valence-corrected chi connectivity index (χ3v) is 5.26. The van der Waals surface area contributed by atoms with Gasteiger partial charge in [-0.15, -0.1) is 0 Å². The summed E-state index contributed by atoms with van der Waals surface area (Å²) >= 11 is 3.36. The van der Waals surface area contributed by atoms with Crippen molar-refractivity contribution in [3.63, 3.8) is 0 Å². The summed E-state index contributed by atoms with van der Waals surface area (Å²) in [6.07, 6.45) is 1.37. The van der Waals surface area contributed by atoms with Crippen LogP contribution in [-0.4, -0.2) is 23.3 Å². The second-order valence-corrected chi connectivity index (χ2v) is 8.18. The normalized spacial score (nSPS) is 10.7. The van der Waals surface area contributed by atoms with Gasteiger partial charge in [0.1, 0.15) is 17.4 Å². The number of nitrogens with one attached hydrogen (secondary N) is 2. The molecular weight excluding hydrogens is 516 g/mol. The second-order valence-electron chi connectivity index (χ2n) is 7.32. The fourth-order valence-corrected chi connectivity index (χ4v) is 3.42. The number of hydrogen-bond acceptors (Lipinski definition) is 6. The summed E-state index contributed by atoms with van der Waals surface area (Å²) in [5, 5.41) is 25.5. The minimum atomic E-state index is -0.711. The van der Waals surface area contributed by atoms with Crippen LogP contribution in [0.15, 0.2) is 76.8 Å². The number of aryl methyl sites for hydroxylation is 1. The summed E-state index contributed by atoms with van der Waals surface area (Å²) in [6.45, 7) is 1.74. The number of anilines is 2. The molecule has 0 aliphatic carbocycles. The Kier molecular flexibility index (Phi) is 8.32. The topological polar surface area (TPSA) is 134 Å². The van der Waals surface area contributed by atoms with Crippen LogP contribution in [0.3, 0.4) is 0 Å². The Hall–Kier alpha value is -4.49. The number of nitro benzene ring substituents is 1. The summed E-state index contributed by atoms with van der Waals surface area (Å²) in [5.74, 6) is -0.632. The van der Waals surface area contributed by atoms with Crippen molar-refractivity contribution in [3.8, 4) is 11.8 Å². The predicted molar refractivity (Wildman–Crippen MR) is 135 cm³/mol. The maximum absolute atomic E-state index is 12.5. The Bertz CT molecular complexity index is 1350. The number of nitro groups is 1. The Morgan fingerprint density at radius 3 is 2.49 bits per heavy atom. The van der Waals surface area contributed by atoms with E-state index >= 15 is 0 Å². The third-order valence-electron chi connectivity index (χ3n) is 4.64. The van der Waals surface area contributed by atoms with Crippen LogP contribution < -0.4 is 15.4 Å². The van der Waals surface area contributed by atoms with E-state index in [2.05, 4.69) is 26.6 Å². The van der Waals surface area contributed by atoms with Crippen molar-refractivity contribution in [2.24, 2.45) is 0 Å². The molecule has 0 aliphatic rings. The van der Waals surface area contributed by atoms with E-state index in [1.807, 2.05) is 25.1 Å². The number of hydrogen-bond donors (Lipinski definition) is 2. The van der Waals surface area contributed by atoms with E-state index in [1.165, 1.54) is 30.3 Å². The molecule has 176 valence electrons. The van der Waals surface area contributed by atoms with Crippen molar-refractivity contribution in [1.29, 1.82) is 5.26 Å². The van der Waals surface area contributed by atoms with E-state index in [4.69, 9.17) is 4.74 Å². The van der Waals surface area contributed by atoms with Crippen LogP contribution in [0.4, 0.5) is 17.1 Å². The molecule has 0 aromatic heterocycles. The maximum atomic E-state index is 12.5. The monoisotopic (exact) mass is 534 g/mol. The molecule has 3 aromatic rings. The zero-order chi connectivity index (χ0) is 25.4. The molecule has 0 spiro atoms. The number of halogens is 1. The van der Waals surface area contributed by atoms with Crippen molar-refractivity contribution >= 4 is 50.9 Å². The van der Waals surface area contributed by atoms with E-state index in [-0.39, 0.29) is 29.5 Å². The first-order chi connectivity index (χ1) is 16.7. The molecular formula is C25H19BrN4O5. The molecule has 0 aliphatic heterocycles. The van der Waals surface area contributed by atoms with Gasteiger partial charge in [0, 0.05) is 23.5 Å². The standard InChI is InChI=1S/C25H19BrN4O5/c1-16-5-8-19(9-6-16)28-24(31)15-35-23-10-7-17(12-22(23)26)11-18(14-27)25(32)29-20-3-2-4-21(13-20)30(33)34/h2-13H,15H2,1H3,(H,28,31)(H,29,32)/b18-11+. The molecule has 2 amide bonds. The quantitative estimate of drug-likeness (QED) is 0.176. The van der Waals surface area contributed by atoms with Gasteiger partial charge >= 0.3 is 0 Å².